The number of carbonyl (C=O) groups excluding carboxylic acids is 1. The van der Waals surface area contributed by atoms with Crippen LogP contribution in [0.2, 0.25) is 0 Å². The van der Waals surface area contributed by atoms with Crippen LogP contribution in [0.15, 0.2) is 18.2 Å². The lowest BCUT2D eigenvalue weighted by Gasteiger charge is -2.15. The van der Waals surface area contributed by atoms with Crippen LogP contribution in [-0.4, -0.2) is 19.0 Å². The molecule has 0 aliphatic carbocycles. The number of anilines is 1. The lowest BCUT2D eigenvalue weighted by Crippen LogP contribution is -2.28. The van der Waals surface area contributed by atoms with Gasteiger partial charge in [-0.3, -0.25) is 4.79 Å². The van der Waals surface area contributed by atoms with Gasteiger partial charge in [-0.1, -0.05) is 24.6 Å². The van der Waals surface area contributed by atoms with Gasteiger partial charge in [0.15, 0.2) is 0 Å². The minimum atomic E-state index is 0.0932. The predicted molar refractivity (Wildman–Crippen MR) is 70.1 cm³/mol. The molecule has 1 aliphatic rings. The Morgan fingerprint density at radius 2 is 2.12 bits per heavy atom. The molecule has 1 saturated heterocycles. The molecule has 1 aromatic carbocycles. The maximum Gasteiger partial charge on any atom is 0.229 e. The molecule has 2 N–H and O–H groups in total. The number of aryl methyl sites for hydroxylation is 2. The zero-order valence-electron chi connectivity index (χ0n) is 10.7. The fourth-order valence-corrected chi connectivity index (χ4v) is 2.34. The summed E-state index contributed by atoms with van der Waals surface area (Å²) in [5.41, 5.74) is 3.27. The van der Waals surface area contributed by atoms with Gasteiger partial charge in [-0.25, -0.2) is 0 Å². The number of amides is 1. The van der Waals surface area contributed by atoms with E-state index >= 15 is 0 Å². The van der Waals surface area contributed by atoms with Crippen LogP contribution in [0.5, 0.6) is 0 Å². The molecule has 0 radical (unpaired) electrons. The molecule has 0 spiro atoms. The zero-order valence-corrected chi connectivity index (χ0v) is 10.7. The maximum absolute atomic E-state index is 12.1. The zero-order chi connectivity index (χ0) is 12.4. The number of rotatable bonds is 2. The van der Waals surface area contributed by atoms with Crippen LogP contribution in [0, 0.1) is 25.7 Å². The van der Waals surface area contributed by atoms with E-state index in [-0.39, 0.29) is 11.8 Å². The molecule has 1 fully saturated rings. The topological polar surface area (TPSA) is 41.1 Å². The number of hydrogen-bond acceptors (Lipinski definition) is 2. The molecular formula is C14H20N2O. The molecule has 1 heterocycles. The highest BCUT2D eigenvalue weighted by molar-refractivity contribution is 5.93. The second kappa shape index (κ2) is 4.88. The molecule has 1 aliphatic heterocycles. The predicted octanol–water partition coefficient (Wildman–Crippen LogP) is 2.10. The standard InChI is InChI=1S/C14H20N2O/c1-9-4-5-13(10(2)6-9)16-14(17)12-8-15-7-11(12)3/h4-6,11-12,15H,7-8H2,1-3H3,(H,16,17). The van der Waals surface area contributed by atoms with E-state index in [1.807, 2.05) is 19.1 Å². The van der Waals surface area contributed by atoms with Crippen LogP contribution >= 0.6 is 0 Å². The van der Waals surface area contributed by atoms with Crippen molar-refractivity contribution < 1.29 is 4.79 Å². The van der Waals surface area contributed by atoms with E-state index < -0.39 is 0 Å². The van der Waals surface area contributed by atoms with Gasteiger partial charge in [0, 0.05) is 12.2 Å². The SMILES string of the molecule is Cc1ccc(NC(=O)C2CNCC2C)c(C)c1. The van der Waals surface area contributed by atoms with Crippen molar-refractivity contribution in [2.75, 3.05) is 18.4 Å². The van der Waals surface area contributed by atoms with Crippen molar-refractivity contribution in [1.82, 2.24) is 5.32 Å². The summed E-state index contributed by atoms with van der Waals surface area (Å²) in [7, 11) is 0. The normalized spacial score (nSPS) is 23.7. The van der Waals surface area contributed by atoms with Crippen molar-refractivity contribution in [3.63, 3.8) is 0 Å². The average molecular weight is 232 g/mol. The average Bonchev–Trinajstić information content (AvgIpc) is 2.68. The Hall–Kier alpha value is -1.35. The molecule has 1 amide bonds. The van der Waals surface area contributed by atoms with Crippen LogP contribution in [0.4, 0.5) is 5.69 Å². The monoisotopic (exact) mass is 232 g/mol. The number of hydrogen-bond donors (Lipinski definition) is 2. The van der Waals surface area contributed by atoms with Crippen molar-refractivity contribution in [2.24, 2.45) is 11.8 Å². The van der Waals surface area contributed by atoms with Gasteiger partial charge in [-0.15, -0.1) is 0 Å². The minimum Gasteiger partial charge on any atom is -0.326 e. The van der Waals surface area contributed by atoms with E-state index in [0.717, 1.165) is 24.3 Å². The lowest BCUT2D eigenvalue weighted by atomic mass is 9.97. The third kappa shape index (κ3) is 2.67. The molecule has 0 aromatic heterocycles. The Balaban J connectivity index is 2.07. The van der Waals surface area contributed by atoms with E-state index in [9.17, 15) is 4.79 Å². The first-order valence-electron chi connectivity index (χ1n) is 6.17. The number of carbonyl (C=O) groups is 1. The Morgan fingerprint density at radius 1 is 1.35 bits per heavy atom. The van der Waals surface area contributed by atoms with Gasteiger partial charge in [0.25, 0.3) is 0 Å². The third-order valence-electron chi connectivity index (χ3n) is 3.49. The van der Waals surface area contributed by atoms with Gasteiger partial charge in [0.05, 0.1) is 5.92 Å². The van der Waals surface area contributed by atoms with Crippen LogP contribution in [0.25, 0.3) is 0 Å². The summed E-state index contributed by atoms with van der Waals surface area (Å²) in [6.07, 6.45) is 0. The fraction of sp³-hybridized carbons (Fsp3) is 0.500. The Kier molecular flexibility index (Phi) is 3.48. The minimum absolute atomic E-state index is 0.0932. The molecule has 0 saturated carbocycles. The third-order valence-corrected chi connectivity index (χ3v) is 3.49. The first-order valence-corrected chi connectivity index (χ1v) is 6.17. The van der Waals surface area contributed by atoms with E-state index in [0.29, 0.717) is 5.92 Å². The summed E-state index contributed by atoms with van der Waals surface area (Å²) in [5, 5.41) is 6.28. The first-order chi connectivity index (χ1) is 8.08. The van der Waals surface area contributed by atoms with Crippen molar-refractivity contribution in [3.05, 3.63) is 29.3 Å². The van der Waals surface area contributed by atoms with E-state index in [2.05, 4.69) is 30.5 Å². The van der Waals surface area contributed by atoms with Crippen LogP contribution in [-0.2, 0) is 4.79 Å². The molecule has 3 nitrogen and oxygen atoms in total. The van der Waals surface area contributed by atoms with E-state index in [4.69, 9.17) is 0 Å². The van der Waals surface area contributed by atoms with Gasteiger partial charge in [-0.2, -0.15) is 0 Å². The van der Waals surface area contributed by atoms with Crippen LogP contribution < -0.4 is 10.6 Å². The quantitative estimate of drug-likeness (QED) is 0.820. The largest absolute Gasteiger partial charge is 0.326 e. The first kappa shape index (κ1) is 12.1. The number of nitrogens with one attached hydrogen (secondary N) is 2. The fourth-order valence-electron chi connectivity index (χ4n) is 2.34. The van der Waals surface area contributed by atoms with Gasteiger partial charge in [-0.05, 0) is 37.9 Å². The maximum atomic E-state index is 12.1. The highest BCUT2D eigenvalue weighted by Gasteiger charge is 2.29. The summed E-state index contributed by atoms with van der Waals surface area (Å²) in [5.74, 6) is 0.644. The molecule has 17 heavy (non-hydrogen) atoms. The van der Waals surface area contributed by atoms with Gasteiger partial charge in [0.1, 0.15) is 0 Å². The smallest absolute Gasteiger partial charge is 0.229 e. The second-order valence-electron chi connectivity index (χ2n) is 5.05. The van der Waals surface area contributed by atoms with Crippen molar-refractivity contribution in [3.8, 4) is 0 Å². The molecule has 0 bridgehead atoms. The summed E-state index contributed by atoms with van der Waals surface area (Å²) >= 11 is 0. The highest BCUT2D eigenvalue weighted by atomic mass is 16.1. The van der Waals surface area contributed by atoms with E-state index in [1.54, 1.807) is 0 Å². The summed E-state index contributed by atoms with van der Waals surface area (Å²) < 4.78 is 0. The van der Waals surface area contributed by atoms with Crippen LogP contribution in [0.1, 0.15) is 18.1 Å². The van der Waals surface area contributed by atoms with Gasteiger partial charge >= 0.3 is 0 Å². The molecule has 2 rings (SSSR count). The van der Waals surface area contributed by atoms with Crippen molar-refractivity contribution in [2.45, 2.75) is 20.8 Å². The number of benzene rings is 1. The molecular weight excluding hydrogens is 212 g/mol. The summed E-state index contributed by atoms with van der Waals surface area (Å²) in [6, 6.07) is 6.10. The lowest BCUT2D eigenvalue weighted by molar-refractivity contribution is -0.120. The Morgan fingerprint density at radius 3 is 2.71 bits per heavy atom. The molecule has 92 valence electrons. The van der Waals surface area contributed by atoms with Gasteiger partial charge in [0.2, 0.25) is 5.91 Å². The molecule has 1 aromatic rings. The van der Waals surface area contributed by atoms with E-state index in [1.165, 1.54) is 5.56 Å². The second-order valence-corrected chi connectivity index (χ2v) is 5.05. The molecule has 2 atom stereocenters. The highest BCUT2D eigenvalue weighted by Crippen LogP contribution is 2.21. The Labute approximate surface area is 103 Å². The van der Waals surface area contributed by atoms with Crippen molar-refractivity contribution >= 4 is 11.6 Å². The van der Waals surface area contributed by atoms with Crippen molar-refractivity contribution in [1.29, 1.82) is 0 Å². The molecule has 3 heteroatoms. The Bertz CT molecular complexity index is 428. The van der Waals surface area contributed by atoms with Crippen LogP contribution in [0.3, 0.4) is 0 Å². The summed E-state index contributed by atoms with van der Waals surface area (Å²) in [4.78, 5) is 12.1. The molecule has 2 unspecified atom stereocenters. The summed E-state index contributed by atoms with van der Waals surface area (Å²) in [6.45, 7) is 7.93. The van der Waals surface area contributed by atoms with Gasteiger partial charge < -0.3 is 10.6 Å².